The Hall–Kier alpha value is -1.60. The zero-order valence-corrected chi connectivity index (χ0v) is 19.0. The van der Waals surface area contributed by atoms with Gasteiger partial charge >= 0.3 is 0 Å². The van der Waals surface area contributed by atoms with Crippen LogP contribution in [0.3, 0.4) is 0 Å². The van der Waals surface area contributed by atoms with Crippen molar-refractivity contribution in [3.63, 3.8) is 0 Å². The Morgan fingerprint density at radius 2 is 1.80 bits per heavy atom. The Morgan fingerprint density at radius 3 is 2.53 bits per heavy atom. The van der Waals surface area contributed by atoms with Crippen LogP contribution in [0.25, 0.3) is 0 Å². The van der Waals surface area contributed by atoms with Gasteiger partial charge in [-0.05, 0) is 48.6 Å². The normalized spacial score (nSPS) is 24.6. The molecule has 4 rings (SSSR count). The Bertz CT molecular complexity index is 1070. The molecule has 1 N–H and O–H groups in total. The summed E-state index contributed by atoms with van der Waals surface area (Å²) in [6.07, 6.45) is 5.09. The molecule has 0 spiro atoms. The molecule has 0 radical (unpaired) electrons. The molecule has 1 amide bonds. The Kier molecular flexibility index (Phi) is 6.13. The van der Waals surface area contributed by atoms with Gasteiger partial charge in [0.2, 0.25) is 10.0 Å². The highest BCUT2D eigenvalue weighted by atomic mass is 35.5. The SMILES string of the molecule is CS(=O)(=O)N[C@H]1CCCC[C@@H]1N1C(=O)c2ccccc2C[C@@H]1c1ccc(Cl)cc1Cl. The molecular weight excluding hydrogens is 443 g/mol. The lowest BCUT2D eigenvalue weighted by atomic mass is 9.83. The van der Waals surface area contributed by atoms with Gasteiger partial charge in [-0.1, -0.05) is 60.3 Å². The van der Waals surface area contributed by atoms with E-state index in [1.165, 1.54) is 6.26 Å². The molecule has 2 aromatic rings. The second-order valence-electron chi connectivity index (χ2n) is 8.10. The number of nitrogens with one attached hydrogen (secondary N) is 1. The number of hydrogen-bond donors (Lipinski definition) is 1. The number of halogens is 2. The van der Waals surface area contributed by atoms with E-state index >= 15 is 0 Å². The van der Waals surface area contributed by atoms with Gasteiger partial charge < -0.3 is 4.90 Å². The quantitative estimate of drug-likeness (QED) is 0.715. The van der Waals surface area contributed by atoms with E-state index in [1.807, 2.05) is 35.2 Å². The average Bonchev–Trinajstić information content (AvgIpc) is 2.68. The standard InChI is InChI=1S/C22H24Cl2N2O3S/c1-30(28,29)25-19-8-4-5-9-20(19)26-21(17-11-10-15(23)13-18(17)24)12-14-6-2-3-7-16(14)22(26)27/h2-3,6-7,10-11,13,19-21,25H,4-5,8-9,12H2,1H3/t19-,20-,21+/m0/s1. The molecule has 1 fully saturated rings. The van der Waals surface area contributed by atoms with Crippen molar-refractivity contribution in [2.24, 2.45) is 0 Å². The topological polar surface area (TPSA) is 66.5 Å². The van der Waals surface area contributed by atoms with E-state index in [-0.39, 0.29) is 24.0 Å². The predicted molar refractivity (Wildman–Crippen MR) is 120 cm³/mol. The van der Waals surface area contributed by atoms with Crippen LogP contribution in [-0.2, 0) is 16.4 Å². The summed E-state index contributed by atoms with van der Waals surface area (Å²) in [6, 6.07) is 12.1. The zero-order valence-electron chi connectivity index (χ0n) is 16.6. The Morgan fingerprint density at radius 1 is 1.07 bits per heavy atom. The van der Waals surface area contributed by atoms with Gasteiger partial charge in [0.1, 0.15) is 0 Å². The first kappa shape index (κ1) is 21.6. The van der Waals surface area contributed by atoms with Crippen LogP contribution in [0.2, 0.25) is 10.0 Å². The summed E-state index contributed by atoms with van der Waals surface area (Å²) in [4.78, 5) is 15.5. The molecule has 160 valence electrons. The maximum atomic E-state index is 13.7. The van der Waals surface area contributed by atoms with Gasteiger partial charge in [0.25, 0.3) is 5.91 Å². The lowest BCUT2D eigenvalue weighted by Crippen LogP contribution is -2.57. The van der Waals surface area contributed by atoms with E-state index in [4.69, 9.17) is 23.2 Å². The molecule has 1 saturated carbocycles. The summed E-state index contributed by atoms with van der Waals surface area (Å²) in [5, 5.41) is 1.04. The Balaban J connectivity index is 1.81. The second-order valence-corrected chi connectivity index (χ2v) is 10.7. The number of carbonyl (C=O) groups is 1. The number of sulfonamides is 1. The number of nitrogens with zero attached hydrogens (tertiary/aromatic N) is 1. The maximum Gasteiger partial charge on any atom is 0.254 e. The van der Waals surface area contributed by atoms with Crippen LogP contribution >= 0.6 is 23.2 Å². The molecular formula is C22H24Cl2N2O3S. The van der Waals surface area contributed by atoms with Crippen molar-refractivity contribution >= 4 is 39.1 Å². The third-order valence-electron chi connectivity index (χ3n) is 6.01. The van der Waals surface area contributed by atoms with Gasteiger partial charge in [0.15, 0.2) is 0 Å². The van der Waals surface area contributed by atoms with Crippen molar-refractivity contribution in [2.45, 2.75) is 50.2 Å². The maximum absolute atomic E-state index is 13.7. The van der Waals surface area contributed by atoms with Gasteiger partial charge in [-0.3, -0.25) is 4.79 Å². The molecule has 1 aliphatic carbocycles. The largest absolute Gasteiger partial charge is 0.327 e. The van der Waals surface area contributed by atoms with Crippen molar-refractivity contribution < 1.29 is 13.2 Å². The van der Waals surface area contributed by atoms with E-state index in [0.717, 1.165) is 30.4 Å². The number of carbonyl (C=O) groups excluding carboxylic acids is 1. The minimum Gasteiger partial charge on any atom is -0.327 e. The van der Waals surface area contributed by atoms with Gasteiger partial charge in [-0.15, -0.1) is 0 Å². The highest BCUT2D eigenvalue weighted by molar-refractivity contribution is 7.88. The smallest absolute Gasteiger partial charge is 0.254 e. The fourth-order valence-electron chi connectivity index (χ4n) is 4.76. The second kappa shape index (κ2) is 8.50. The van der Waals surface area contributed by atoms with Crippen molar-refractivity contribution in [1.82, 2.24) is 9.62 Å². The minimum absolute atomic E-state index is 0.0833. The first-order valence-electron chi connectivity index (χ1n) is 10.1. The van der Waals surface area contributed by atoms with E-state index in [2.05, 4.69) is 4.72 Å². The molecule has 0 saturated heterocycles. The van der Waals surface area contributed by atoms with E-state index in [0.29, 0.717) is 28.5 Å². The van der Waals surface area contributed by atoms with Crippen molar-refractivity contribution in [3.05, 3.63) is 69.2 Å². The summed E-state index contributed by atoms with van der Waals surface area (Å²) in [7, 11) is -3.40. The fraction of sp³-hybridized carbons (Fsp3) is 0.409. The molecule has 1 heterocycles. The van der Waals surface area contributed by atoms with Crippen LogP contribution in [-0.4, -0.2) is 37.6 Å². The molecule has 2 aromatic carbocycles. The van der Waals surface area contributed by atoms with Crippen LogP contribution in [0, 0.1) is 0 Å². The van der Waals surface area contributed by atoms with Crippen LogP contribution in [0.4, 0.5) is 0 Å². The van der Waals surface area contributed by atoms with Gasteiger partial charge in [0.05, 0.1) is 12.3 Å². The van der Waals surface area contributed by atoms with Crippen molar-refractivity contribution in [2.75, 3.05) is 6.26 Å². The van der Waals surface area contributed by atoms with Gasteiger partial charge in [-0.25, -0.2) is 13.1 Å². The van der Waals surface area contributed by atoms with Crippen molar-refractivity contribution in [3.8, 4) is 0 Å². The molecule has 0 bridgehead atoms. The van der Waals surface area contributed by atoms with Crippen LogP contribution < -0.4 is 4.72 Å². The molecule has 0 unspecified atom stereocenters. The number of hydrogen-bond acceptors (Lipinski definition) is 3. The van der Waals surface area contributed by atoms with Crippen molar-refractivity contribution in [1.29, 1.82) is 0 Å². The first-order valence-corrected chi connectivity index (χ1v) is 12.7. The van der Waals surface area contributed by atoms with Gasteiger partial charge in [-0.2, -0.15) is 0 Å². The monoisotopic (exact) mass is 466 g/mol. The lowest BCUT2D eigenvalue weighted by Gasteiger charge is -2.46. The molecule has 1 aliphatic heterocycles. The van der Waals surface area contributed by atoms with Gasteiger partial charge in [0, 0.05) is 27.7 Å². The lowest BCUT2D eigenvalue weighted by molar-refractivity contribution is 0.0421. The number of benzene rings is 2. The highest BCUT2D eigenvalue weighted by Crippen LogP contribution is 2.41. The van der Waals surface area contributed by atoms with Crippen LogP contribution in [0.5, 0.6) is 0 Å². The summed E-state index contributed by atoms with van der Waals surface area (Å²) >= 11 is 12.7. The fourth-order valence-corrected chi connectivity index (χ4v) is 6.12. The molecule has 0 aromatic heterocycles. The molecule has 2 aliphatic rings. The van der Waals surface area contributed by atoms with E-state index < -0.39 is 10.0 Å². The number of rotatable bonds is 4. The van der Waals surface area contributed by atoms with Crippen LogP contribution in [0.1, 0.15) is 53.2 Å². The summed E-state index contributed by atoms with van der Waals surface area (Å²) in [5.41, 5.74) is 2.47. The Labute approximate surface area is 187 Å². The highest BCUT2D eigenvalue weighted by Gasteiger charge is 2.42. The van der Waals surface area contributed by atoms with E-state index in [1.54, 1.807) is 12.1 Å². The molecule has 8 heteroatoms. The van der Waals surface area contributed by atoms with E-state index in [9.17, 15) is 13.2 Å². The molecule has 30 heavy (non-hydrogen) atoms. The third kappa shape index (κ3) is 4.37. The summed E-state index contributed by atoms with van der Waals surface area (Å²) in [5.74, 6) is -0.0833. The first-order chi connectivity index (χ1) is 14.2. The number of fused-ring (bicyclic) bond motifs is 1. The minimum atomic E-state index is -3.40. The zero-order chi connectivity index (χ0) is 21.5. The summed E-state index contributed by atoms with van der Waals surface area (Å²) in [6.45, 7) is 0. The third-order valence-corrected chi connectivity index (χ3v) is 7.30. The summed E-state index contributed by atoms with van der Waals surface area (Å²) < 4.78 is 26.8. The molecule has 5 nitrogen and oxygen atoms in total. The number of amides is 1. The predicted octanol–water partition coefficient (Wildman–Crippen LogP) is 4.59. The van der Waals surface area contributed by atoms with Crippen LogP contribution in [0.15, 0.2) is 42.5 Å². The molecule has 3 atom stereocenters. The average molecular weight is 467 g/mol.